The summed E-state index contributed by atoms with van der Waals surface area (Å²) in [6.07, 6.45) is 1.83. The fourth-order valence-corrected chi connectivity index (χ4v) is 3.96. The van der Waals surface area contributed by atoms with Crippen LogP contribution in [0, 0.1) is 11.3 Å². The van der Waals surface area contributed by atoms with E-state index < -0.39 is 10.0 Å². The SMILES string of the molecule is CC(=O)Nc1ccc(S(=O)(=O)NCc2ccc(C(=O)N(CC#N)C3CC3)cc2)cc1. The first-order valence-electron chi connectivity index (χ1n) is 9.44. The minimum absolute atomic E-state index is 0.0613. The summed E-state index contributed by atoms with van der Waals surface area (Å²) < 4.78 is 27.5. The summed E-state index contributed by atoms with van der Waals surface area (Å²) in [5, 5.41) is 11.5. The van der Waals surface area contributed by atoms with E-state index in [9.17, 15) is 18.0 Å². The zero-order chi connectivity index (χ0) is 21.7. The molecule has 1 aliphatic carbocycles. The van der Waals surface area contributed by atoms with Crippen molar-refractivity contribution in [2.75, 3.05) is 11.9 Å². The summed E-state index contributed by atoms with van der Waals surface area (Å²) in [5.74, 6) is -0.427. The number of amides is 2. The van der Waals surface area contributed by atoms with E-state index in [2.05, 4.69) is 10.0 Å². The largest absolute Gasteiger partial charge is 0.326 e. The van der Waals surface area contributed by atoms with Crippen molar-refractivity contribution in [2.45, 2.75) is 37.2 Å². The molecule has 2 amide bonds. The van der Waals surface area contributed by atoms with Crippen molar-refractivity contribution >= 4 is 27.5 Å². The monoisotopic (exact) mass is 426 g/mol. The van der Waals surface area contributed by atoms with Gasteiger partial charge in [-0.25, -0.2) is 13.1 Å². The average Bonchev–Trinajstić information content (AvgIpc) is 3.55. The highest BCUT2D eigenvalue weighted by Crippen LogP contribution is 2.28. The quantitative estimate of drug-likeness (QED) is 0.628. The predicted molar refractivity (Wildman–Crippen MR) is 111 cm³/mol. The minimum Gasteiger partial charge on any atom is -0.326 e. The molecular weight excluding hydrogens is 404 g/mol. The molecule has 156 valence electrons. The van der Waals surface area contributed by atoms with Crippen LogP contribution in [0.2, 0.25) is 0 Å². The van der Waals surface area contributed by atoms with Crippen LogP contribution in [0.3, 0.4) is 0 Å². The normalized spacial score (nSPS) is 13.3. The molecule has 30 heavy (non-hydrogen) atoms. The molecule has 1 saturated carbocycles. The highest BCUT2D eigenvalue weighted by atomic mass is 32.2. The van der Waals surface area contributed by atoms with Crippen LogP contribution in [0.4, 0.5) is 5.69 Å². The van der Waals surface area contributed by atoms with Crippen LogP contribution in [0.1, 0.15) is 35.7 Å². The molecule has 0 saturated heterocycles. The molecule has 0 atom stereocenters. The molecule has 9 heteroatoms. The molecule has 2 N–H and O–H groups in total. The van der Waals surface area contributed by atoms with Crippen LogP contribution in [-0.4, -0.2) is 37.7 Å². The fourth-order valence-electron chi connectivity index (χ4n) is 2.94. The van der Waals surface area contributed by atoms with Crippen LogP contribution in [0.5, 0.6) is 0 Å². The summed E-state index contributed by atoms with van der Waals surface area (Å²) >= 11 is 0. The lowest BCUT2D eigenvalue weighted by Crippen LogP contribution is -2.33. The first kappa shape index (κ1) is 21.5. The zero-order valence-corrected chi connectivity index (χ0v) is 17.3. The molecule has 0 bridgehead atoms. The van der Waals surface area contributed by atoms with Crippen molar-refractivity contribution in [3.05, 3.63) is 59.7 Å². The number of rotatable bonds is 8. The number of hydrogen-bond donors (Lipinski definition) is 2. The smallest absolute Gasteiger partial charge is 0.254 e. The van der Waals surface area contributed by atoms with Crippen LogP contribution in [0.15, 0.2) is 53.4 Å². The lowest BCUT2D eigenvalue weighted by molar-refractivity contribution is -0.114. The van der Waals surface area contributed by atoms with E-state index in [0.717, 1.165) is 12.8 Å². The van der Waals surface area contributed by atoms with E-state index in [1.54, 1.807) is 29.2 Å². The minimum atomic E-state index is -3.73. The Kier molecular flexibility index (Phi) is 6.50. The Morgan fingerprint density at radius 1 is 1.10 bits per heavy atom. The molecule has 0 spiro atoms. The van der Waals surface area contributed by atoms with E-state index in [1.807, 2.05) is 6.07 Å². The van der Waals surface area contributed by atoms with Crippen LogP contribution in [0.25, 0.3) is 0 Å². The lowest BCUT2D eigenvalue weighted by Gasteiger charge is -2.19. The third kappa shape index (κ3) is 5.43. The van der Waals surface area contributed by atoms with E-state index in [1.165, 1.54) is 31.2 Å². The van der Waals surface area contributed by atoms with Crippen molar-refractivity contribution < 1.29 is 18.0 Å². The maximum Gasteiger partial charge on any atom is 0.254 e. The Morgan fingerprint density at radius 3 is 2.27 bits per heavy atom. The first-order valence-corrected chi connectivity index (χ1v) is 10.9. The molecule has 0 unspecified atom stereocenters. The van der Waals surface area contributed by atoms with E-state index in [0.29, 0.717) is 16.8 Å². The average molecular weight is 426 g/mol. The zero-order valence-electron chi connectivity index (χ0n) is 16.5. The molecule has 1 aliphatic rings. The Balaban J connectivity index is 1.62. The van der Waals surface area contributed by atoms with Crippen LogP contribution < -0.4 is 10.0 Å². The van der Waals surface area contributed by atoms with Gasteiger partial charge in [-0.2, -0.15) is 5.26 Å². The maximum atomic E-state index is 12.6. The summed E-state index contributed by atoms with van der Waals surface area (Å²) in [5.41, 5.74) is 1.68. The topological polar surface area (TPSA) is 119 Å². The number of benzene rings is 2. The Morgan fingerprint density at radius 2 is 1.73 bits per heavy atom. The van der Waals surface area contributed by atoms with Gasteiger partial charge in [0.25, 0.3) is 5.91 Å². The molecule has 0 radical (unpaired) electrons. The van der Waals surface area contributed by atoms with Gasteiger partial charge in [0, 0.05) is 30.8 Å². The fraction of sp³-hybridized carbons (Fsp3) is 0.286. The number of nitrogens with one attached hydrogen (secondary N) is 2. The summed E-state index contributed by atoms with van der Waals surface area (Å²) in [4.78, 5) is 25.3. The molecule has 8 nitrogen and oxygen atoms in total. The lowest BCUT2D eigenvalue weighted by atomic mass is 10.1. The molecule has 0 aromatic heterocycles. The van der Waals surface area contributed by atoms with Crippen molar-refractivity contribution in [1.29, 1.82) is 5.26 Å². The third-order valence-corrected chi connectivity index (χ3v) is 6.06. The molecular formula is C21H22N4O4S. The number of anilines is 1. The van der Waals surface area contributed by atoms with Gasteiger partial charge in [0.05, 0.1) is 11.0 Å². The second-order valence-electron chi connectivity index (χ2n) is 7.05. The van der Waals surface area contributed by atoms with Gasteiger partial charge in [-0.1, -0.05) is 12.1 Å². The van der Waals surface area contributed by atoms with Gasteiger partial charge in [-0.3, -0.25) is 9.59 Å². The van der Waals surface area contributed by atoms with Crippen LogP contribution >= 0.6 is 0 Å². The van der Waals surface area contributed by atoms with Gasteiger partial charge < -0.3 is 10.2 Å². The van der Waals surface area contributed by atoms with Gasteiger partial charge in [-0.05, 0) is 54.8 Å². The standard InChI is InChI=1S/C21H22N4O4S/c1-15(26)24-18-6-10-20(11-7-18)30(28,29)23-14-16-2-4-17(5-3-16)21(27)25(13-12-22)19-8-9-19/h2-7,10-11,19,23H,8-9,13-14H2,1H3,(H,24,26). The van der Waals surface area contributed by atoms with Gasteiger partial charge >= 0.3 is 0 Å². The highest BCUT2D eigenvalue weighted by Gasteiger charge is 2.32. The van der Waals surface area contributed by atoms with E-state index >= 15 is 0 Å². The van der Waals surface area contributed by atoms with Crippen molar-refractivity contribution in [3.8, 4) is 6.07 Å². The molecule has 2 aromatic rings. The second kappa shape index (κ2) is 9.07. The van der Waals surface area contributed by atoms with Gasteiger partial charge in [0.2, 0.25) is 15.9 Å². The van der Waals surface area contributed by atoms with Crippen molar-refractivity contribution in [3.63, 3.8) is 0 Å². The summed E-state index contributed by atoms with van der Waals surface area (Å²) in [6.45, 7) is 1.50. The summed E-state index contributed by atoms with van der Waals surface area (Å²) in [7, 11) is -3.73. The second-order valence-corrected chi connectivity index (χ2v) is 8.82. The van der Waals surface area contributed by atoms with Crippen molar-refractivity contribution in [2.24, 2.45) is 0 Å². The Bertz CT molecular complexity index is 1070. The van der Waals surface area contributed by atoms with E-state index in [-0.39, 0.29) is 35.8 Å². The van der Waals surface area contributed by atoms with Gasteiger partial charge in [0.15, 0.2) is 0 Å². The highest BCUT2D eigenvalue weighted by molar-refractivity contribution is 7.89. The van der Waals surface area contributed by atoms with Gasteiger partial charge in [-0.15, -0.1) is 0 Å². The number of sulfonamides is 1. The predicted octanol–water partition coefficient (Wildman–Crippen LogP) is 2.25. The van der Waals surface area contributed by atoms with E-state index in [4.69, 9.17) is 5.26 Å². The molecule has 2 aromatic carbocycles. The number of carbonyl (C=O) groups is 2. The van der Waals surface area contributed by atoms with Gasteiger partial charge in [0.1, 0.15) is 6.54 Å². The van der Waals surface area contributed by atoms with Crippen molar-refractivity contribution in [1.82, 2.24) is 9.62 Å². The maximum absolute atomic E-state index is 12.6. The molecule has 0 heterocycles. The number of nitrogens with zero attached hydrogens (tertiary/aromatic N) is 2. The molecule has 0 aliphatic heterocycles. The Hall–Kier alpha value is -3.22. The Labute approximate surface area is 175 Å². The first-order chi connectivity index (χ1) is 14.3. The number of hydrogen-bond acceptors (Lipinski definition) is 5. The number of carbonyl (C=O) groups excluding carboxylic acids is 2. The summed E-state index contributed by atoms with van der Waals surface area (Å²) in [6, 6.07) is 14.7. The molecule has 3 rings (SSSR count). The third-order valence-electron chi connectivity index (χ3n) is 4.64. The number of nitriles is 1. The van der Waals surface area contributed by atoms with Crippen LogP contribution in [-0.2, 0) is 21.4 Å². The molecule has 1 fully saturated rings.